The number of fused-ring (bicyclic) bond motifs is 3. The monoisotopic (exact) mass is 304 g/mol. The summed E-state index contributed by atoms with van der Waals surface area (Å²) in [4.78, 5) is 11.7. The predicted octanol–water partition coefficient (Wildman–Crippen LogP) is 4.13. The van der Waals surface area contributed by atoms with Gasteiger partial charge in [0.05, 0.1) is 0 Å². The van der Waals surface area contributed by atoms with E-state index in [-0.39, 0.29) is 5.91 Å². The van der Waals surface area contributed by atoms with Crippen LogP contribution in [-0.4, -0.2) is 17.0 Å². The Morgan fingerprint density at radius 1 is 1.17 bits per heavy atom. The molecule has 0 aliphatic heterocycles. The minimum atomic E-state index is -0.110. The molecule has 0 saturated heterocycles. The lowest BCUT2D eigenvalue weighted by Crippen LogP contribution is -2.20. The quantitative estimate of drug-likeness (QED) is 0.558. The van der Waals surface area contributed by atoms with Crippen molar-refractivity contribution in [2.75, 3.05) is 6.54 Å². The molecule has 2 aromatic carbocycles. The van der Waals surface area contributed by atoms with Gasteiger partial charge in [-0.05, 0) is 36.8 Å². The van der Waals surface area contributed by atoms with E-state index in [1.54, 1.807) is 12.2 Å². The molecule has 1 heterocycles. The third-order valence-corrected chi connectivity index (χ3v) is 3.96. The van der Waals surface area contributed by atoms with Gasteiger partial charge in [-0.1, -0.05) is 30.3 Å². The normalized spacial score (nSPS) is 11.3. The van der Waals surface area contributed by atoms with Crippen molar-refractivity contribution < 1.29 is 4.79 Å². The van der Waals surface area contributed by atoms with Crippen LogP contribution >= 0.6 is 0 Å². The number of hydrogen-bond donors (Lipinski definition) is 1. The first-order chi connectivity index (χ1) is 11.2. The number of carbonyl (C=O) groups excluding carboxylic acids is 1. The summed E-state index contributed by atoms with van der Waals surface area (Å²) < 4.78 is 2.31. The lowest BCUT2D eigenvalue weighted by atomic mass is 10.1. The summed E-state index contributed by atoms with van der Waals surface area (Å²) in [7, 11) is 0. The van der Waals surface area contributed by atoms with Crippen LogP contribution in [0, 0.1) is 0 Å². The van der Waals surface area contributed by atoms with E-state index < -0.39 is 0 Å². The van der Waals surface area contributed by atoms with Gasteiger partial charge in [-0.15, -0.1) is 6.58 Å². The molecule has 1 N–H and O–H groups in total. The number of nitrogens with one attached hydrogen (secondary N) is 1. The molecule has 0 radical (unpaired) electrons. The van der Waals surface area contributed by atoms with E-state index in [4.69, 9.17) is 0 Å². The average Bonchev–Trinajstić information content (AvgIpc) is 2.91. The van der Waals surface area contributed by atoms with Gasteiger partial charge in [0.25, 0.3) is 0 Å². The zero-order valence-corrected chi connectivity index (χ0v) is 13.3. The second-order valence-electron chi connectivity index (χ2n) is 5.41. The fourth-order valence-corrected chi connectivity index (χ4v) is 2.92. The number of aryl methyl sites for hydroxylation is 1. The Bertz CT molecular complexity index is 903. The maximum Gasteiger partial charge on any atom is 0.244 e. The van der Waals surface area contributed by atoms with Crippen LogP contribution in [0.25, 0.3) is 27.9 Å². The minimum Gasteiger partial charge on any atom is -0.349 e. The molecule has 116 valence electrons. The van der Waals surface area contributed by atoms with E-state index in [1.165, 1.54) is 21.8 Å². The highest BCUT2D eigenvalue weighted by Crippen LogP contribution is 2.29. The predicted molar refractivity (Wildman–Crippen MR) is 97.4 cm³/mol. The molecular weight excluding hydrogens is 284 g/mol. The van der Waals surface area contributed by atoms with E-state index in [9.17, 15) is 4.79 Å². The summed E-state index contributed by atoms with van der Waals surface area (Å²) >= 11 is 0. The number of amides is 1. The minimum absolute atomic E-state index is 0.110. The first-order valence-corrected chi connectivity index (χ1v) is 7.82. The van der Waals surface area contributed by atoms with Gasteiger partial charge in [0.1, 0.15) is 0 Å². The lowest BCUT2D eigenvalue weighted by molar-refractivity contribution is -0.116. The smallest absolute Gasteiger partial charge is 0.244 e. The molecule has 3 heteroatoms. The van der Waals surface area contributed by atoms with Gasteiger partial charge in [-0.2, -0.15) is 0 Å². The van der Waals surface area contributed by atoms with Crippen molar-refractivity contribution in [3.05, 3.63) is 66.8 Å². The highest BCUT2D eigenvalue weighted by molar-refractivity contribution is 6.08. The molecule has 1 aromatic heterocycles. The number of nitrogens with zero attached hydrogens (tertiary/aromatic N) is 1. The van der Waals surface area contributed by atoms with Crippen LogP contribution in [-0.2, 0) is 11.3 Å². The molecule has 0 fully saturated rings. The Balaban J connectivity index is 2.02. The molecule has 0 aliphatic rings. The second kappa shape index (κ2) is 6.53. The zero-order valence-electron chi connectivity index (χ0n) is 13.3. The van der Waals surface area contributed by atoms with E-state index in [0.717, 1.165) is 12.1 Å². The maximum atomic E-state index is 11.7. The lowest BCUT2D eigenvalue weighted by Gasteiger charge is -2.02. The molecule has 0 saturated carbocycles. The van der Waals surface area contributed by atoms with Crippen LogP contribution < -0.4 is 5.32 Å². The van der Waals surface area contributed by atoms with Gasteiger partial charge in [0.15, 0.2) is 0 Å². The fourth-order valence-electron chi connectivity index (χ4n) is 2.92. The molecule has 0 unspecified atom stereocenters. The highest BCUT2D eigenvalue weighted by atomic mass is 16.1. The number of carbonyl (C=O) groups is 1. The summed E-state index contributed by atoms with van der Waals surface area (Å²) in [6, 6.07) is 14.7. The summed E-state index contributed by atoms with van der Waals surface area (Å²) in [6.07, 6.45) is 5.07. The summed E-state index contributed by atoms with van der Waals surface area (Å²) in [5, 5.41) is 5.20. The zero-order chi connectivity index (χ0) is 16.2. The van der Waals surface area contributed by atoms with E-state index >= 15 is 0 Å². The number of hydrogen-bond acceptors (Lipinski definition) is 1. The highest BCUT2D eigenvalue weighted by Gasteiger charge is 2.08. The molecular formula is C20H20N2O. The number of rotatable bonds is 5. The summed E-state index contributed by atoms with van der Waals surface area (Å²) in [5.74, 6) is -0.110. The molecule has 23 heavy (non-hydrogen) atoms. The first kappa shape index (κ1) is 15.1. The molecule has 0 atom stereocenters. The van der Waals surface area contributed by atoms with Gasteiger partial charge in [0.2, 0.25) is 5.91 Å². The Labute approximate surface area is 135 Å². The van der Waals surface area contributed by atoms with Gasteiger partial charge in [-0.25, -0.2) is 0 Å². The van der Waals surface area contributed by atoms with Crippen LogP contribution in [0.15, 0.2) is 61.2 Å². The molecule has 1 amide bonds. The molecule has 0 spiro atoms. The Hall–Kier alpha value is -2.81. The third-order valence-electron chi connectivity index (χ3n) is 3.96. The fraction of sp³-hybridized carbons (Fsp3) is 0.150. The van der Waals surface area contributed by atoms with Crippen LogP contribution in [0.3, 0.4) is 0 Å². The Kier molecular flexibility index (Phi) is 4.29. The van der Waals surface area contributed by atoms with Crippen molar-refractivity contribution in [1.82, 2.24) is 9.88 Å². The van der Waals surface area contributed by atoms with Gasteiger partial charge in [0, 0.05) is 41.0 Å². The number of aromatic nitrogens is 1. The Morgan fingerprint density at radius 3 is 2.74 bits per heavy atom. The van der Waals surface area contributed by atoms with Crippen LogP contribution in [0.5, 0.6) is 0 Å². The third kappa shape index (κ3) is 2.90. The van der Waals surface area contributed by atoms with Crippen LogP contribution in [0.1, 0.15) is 12.5 Å². The van der Waals surface area contributed by atoms with Crippen molar-refractivity contribution in [2.24, 2.45) is 0 Å². The van der Waals surface area contributed by atoms with E-state index in [1.807, 2.05) is 12.1 Å². The molecule has 3 rings (SSSR count). The SMILES string of the molecule is C=CCNC(=O)/C=C/c1ccc2c(c1)c1ccccc1n2CC. The summed E-state index contributed by atoms with van der Waals surface area (Å²) in [6.45, 7) is 7.15. The van der Waals surface area contributed by atoms with E-state index in [2.05, 4.69) is 59.8 Å². The Morgan fingerprint density at radius 2 is 1.96 bits per heavy atom. The average molecular weight is 304 g/mol. The van der Waals surface area contributed by atoms with Crippen molar-refractivity contribution in [1.29, 1.82) is 0 Å². The second-order valence-corrected chi connectivity index (χ2v) is 5.41. The van der Waals surface area contributed by atoms with Crippen molar-refractivity contribution in [3.63, 3.8) is 0 Å². The molecule has 3 aromatic rings. The van der Waals surface area contributed by atoms with Crippen LogP contribution in [0.2, 0.25) is 0 Å². The molecule has 3 nitrogen and oxygen atoms in total. The summed E-state index contributed by atoms with van der Waals surface area (Å²) in [5.41, 5.74) is 3.49. The first-order valence-electron chi connectivity index (χ1n) is 7.82. The van der Waals surface area contributed by atoms with Crippen LogP contribution in [0.4, 0.5) is 0 Å². The van der Waals surface area contributed by atoms with Gasteiger partial charge < -0.3 is 9.88 Å². The van der Waals surface area contributed by atoms with Crippen molar-refractivity contribution >= 4 is 33.8 Å². The number of para-hydroxylation sites is 1. The largest absolute Gasteiger partial charge is 0.349 e. The standard InChI is InChI=1S/C20H20N2O/c1-3-13-21-20(23)12-10-15-9-11-19-17(14-15)16-7-5-6-8-18(16)22(19)4-2/h3,5-12,14H,1,4,13H2,2H3,(H,21,23)/b12-10+. The topological polar surface area (TPSA) is 34.0 Å². The van der Waals surface area contributed by atoms with Crippen molar-refractivity contribution in [3.8, 4) is 0 Å². The van der Waals surface area contributed by atoms with Crippen molar-refractivity contribution in [2.45, 2.75) is 13.5 Å². The number of benzene rings is 2. The molecule has 0 aliphatic carbocycles. The maximum absolute atomic E-state index is 11.7. The van der Waals surface area contributed by atoms with E-state index in [0.29, 0.717) is 6.54 Å². The van der Waals surface area contributed by atoms with Gasteiger partial charge in [-0.3, -0.25) is 4.79 Å². The molecule has 0 bridgehead atoms. The van der Waals surface area contributed by atoms with Gasteiger partial charge >= 0.3 is 0 Å².